The number of hydrogen-bond acceptors (Lipinski definition) is 5. The van der Waals surface area contributed by atoms with Gasteiger partial charge in [-0.3, -0.25) is 0 Å². The molecular weight excluding hydrogens is 563 g/mol. The maximum atomic E-state index is 15.3. The molecule has 2 aromatic heterocycles. The van der Waals surface area contributed by atoms with Crippen LogP contribution in [0.1, 0.15) is 36.6 Å². The summed E-state index contributed by atoms with van der Waals surface area (Å²) in [6.45, 7) is 2.55. The monoisotopic (exact) mass is 591 g/mol. The molecule has 6 nitrogen and oxygen atoms in total. The van der Waals surface area contributed by atoms with Crippen LogP contribution in [0.15, 0.2) is 59.8 Å². The molecule has 3 heterocycles. The van der Waals surface area contributed by atoms with Gasteiger partial charge in [-0.2, -0.15) is 4.39 Å². The molecule has 1 atom stereocenters. The number of ether oxygens (including phenoxy) is 2. The first kappa shape index (κ1) is 28.0. The highest BCUT2D eigenvalue weighted by molar-refractivity contribution is 7.99. The zero-order chi connectivity index (χ0) is 29.6. The molecule has 0 aliphatic carbocycles. The number of para-hydroxylation sites is 1. The van der Waals surface area contributed by atoms with Crippen LogP contribution in [0.25, 0.3) is 22.3 Å². The van der Waals surface area contributed by atoms with Crippen molar-refractivity contribution in [1.29, 1.82) is 0 Å². The van der Waals surface area contributed by atoms with Crippen LogP contribution in [-0.2, 0) is 23.7 Å². The number of aromatic amines is 1. The Hall–Kier alpha value is -4.18. The van der Waals surface area contributed by atoms with Gasteiger partial charge in [0, 0.05) is 42.2 Å². The van der Waals surface area contributed by atoms with Gasteiger partial charge in [0.1, 0.15) is 29.4 Å². The van der Waals surface area contributed by atoms with Crippen LogP contribution in [0.5, 0.6) is 17.2 Å². The molecule has 0 radical (unpaired) electrons. The Bertz CT molecular complexity index is 1830. The normalized spacial score (nSPS) is 16.3. The summed E-state index contributed by atoms with van der Waals surface area (Å²) in [4.78, 5) is 19.0. The van der Waals surface area contributed by atoms with E-state index in [2.05, 4.69) is 11.9 Å². The minimum Gasteiger partial charge on any atom is -0.493 e. The van der Waals surface area contributed by atoms with Gasteiger partial charge >= 0.3 is 0 Å². The number of aryl methyl sites for hydroxylation is 2. The lowest BCUT2D eigenvalue weighted by atomic mass is 9.74. The molecule has 0 saturated heterocycles. The molecule has 42 heavy (non-hydrogen) atoms. The van der Waals surface area contributed by atoms with Crippen molar-refractivity contribution >= 4 is 29.0 Å². The molecule has 0 saturated carbocycles. The molecular formula is C32H28F3N3O3S. The lowest BCUT2D eigenvalue weighted by Crippen LogP contribution is -2.32. The number of aromatic nitrogens is 3. The fraction of sp³-hybridized carbons (Fsp3) is 0.250. The predicted octanol–water partition coefficient (Wildman–Crippen LogP) is 7.72. The number of carbonyl (C=O) groups is 1. The van der Waals surface area contributed by atoms with E-state index < -0.39 is 22.9 Å². The van der Waals surface area contributed by atoms with Gasteiger partial charge in [-0.25, -0.2) is 13.8 Å². The topological polar surface area (TPSA) is 69.1 Å². The SMILES string of the molecule is CSc1c(Oc2ccc(F)c(-c3nc(C4(C)CCOc5c(CCC=O)cccc54)cn3C)c2)c(F)c(F)c2[nH]ccc12. The Morgan fingerprint density at radius 1 is 1.19 bits per heavy atom. The molecule has 216 valence electrons. The summed E-state index contributed by atoms with van der Waals surface area (Å²) < 4.78 is 58.9. The standard InChI is InChI=1S/C32H28F3N3O3S/c1-32(12-15-40-28-18(7-5-14-39)6-4-8-22(28)32)24-17-38(2)31(37-24)21-16-19(9-10-23(21)33)41-29-26(35)25(34)27-20(11-13-36-27)30(29)42-3/h4,6,8-11,13-14,16-17,36H,5,7,12,15H2,1-3H3. The van der Waals surface area contributed by atoms with Crippen LogP contribution in [0, 0.1) is 17.5 Å². The molecule has 1 aliphatic rings. The van der Waals surface area contributed by atoms with Crippen LogP contribution in [-0.4, -0.2) is 33.7 Å². The van der Waals surface area contributed by atoms with Gasteiger partial charge in [0.2, 0.25) is 5.82 Å². The number of rotatable bonds is 8. The van der Waals surface area contributed by atoms with E-state index in [9.17, 15) is 9.18 Å². The molecule has 1 aliphatic heterocycles. The van der Waals surface area contributed by atoms with Gasteiger partial charge < -0.3 is 23.8 Å². The Kier molecular flexibility index (Phi) is 7.26. The Morgan fingerprint density at radius 3 is 2.81 bits per heavy atom. The largest absolute Gasteiger partial charge is 0.493 e. The van der Waals surface area contributed by atoms with Gasteiger partial charge in [-0.15, -0.1) is 11.8 Å². The minimum atomic E-state index is -1.13. The average molecular weight is 592 g/mol. The summed E-state index contributed by atoms with van der Waals surface area (Å²) in [7, 11) is 1.78. The molecule has 0 spiro atoms. The Labute approximate surface area is 244 Å². The van der Waals surface area contributed by atoms with Gasteiger partial charge in [-0.05, 0) is 55.9 Å². The van der Waals surface area contributed by atoms with E-state index in [-0.39, 0.29) is 22.6 Å². The number of hydrogen-bond donors (Lipinski definition) is 1. The molecule has 0 bridgehead atoms. The maximum Gasteiger partial charge on any atom is 0.204 e. The van der Waals surface area contributed by atoms with Gasteiger partial charge in [-0.1, -0.05) is 18.2 Å². The van der Waals surface area contributed by atoms with E-state index in [0.717, 1.165) is 28.9 Å². The van der Waals surface area contributed by atoms with Crippen molar-refractivity contribution in [1.82, 2.24) is 14.5 Å². The van der Waals surface area contributed by atoms with Gasteiger partial charge in [0.25, 0.3) is 0 Å². The van der Waals surface area contributed by atoms with E-state index in [1.54, 1.807) is 23.9 Å². The van der Waals surface area contributed by atoms with E-state index in [1.165, 1.54) is 36.2 Å². The fourth-order valence-electron chi connectivity index (χ4n) is 5.66. The first-order valence-corrected chi connectivity index (χ1v) is 14.7. The lowest BCUT2D eigenvalue weighted by Gasteiger charge is -2.35. The number of halogens is 3. The number of thioether (sulfide) groups is 1. The highest BCUT2D eigenvalue weighted by atomic mass is 32.2. The third-order valence-electron chi connectivity index (χ3n) is 7.92. The van der Waals surface area contributed by atoms with Crippen molar-refractivity contribution in [2.24, 2.45) is 7.05 Å². The summed E-state index contributed by atoms with van der Waals surface area (Å²) in [6.07, 6.45) is 7.68. The Balaban J connectivity index is 1.39. The molecule has 3 aromatic carbocycles. The van der Waals surface area contributed by atoms with Crippen molar-refractivity contribution in [3.8, 4) is 28.6 Å². The fourth-order valence-corrected chi connectivity index (χ4v) is 6.37. The highest BCUT2D eigenvalue weighted by Crippen LogP contribution is 2.46. The molecule has 10 heteroatoms. The van der Waals surface area contributed by atoms with E-state index in [1.807, 2.05) is 24.4 Å². The van der Waals surface area contributed by atoms with Crippen molar-refractivity contribution in [3.05, 3.63) is 89.1 Å². The zero-order valence-electron chi connectivity index (χ0n) is 23.3. The number of aldehydes is 1. The zero-order valence-corrected chi connectivity index (χ0v) is 24.1. The van der Waals surface area contributed by atoms with E-state index in [0.29, 0.717) is 42.0 Å². The molecule has 0 fully saturated rings. The maximum absolute atomic E-state index is 15.3. The second-order valence-electron chi connectivity index (χ2n) is 10.5. The number of nitrogens with one attached hydrogen (secondary N) is 1. The van der Waals surface area contributed by atoms with Gasteiger partial charge in [0.05, 0.1) is 28.3 Å². The number of nitrogens with zero attached hydrogens (tertiary/aromatic N) is 2. The van der Waals surface area contributed by atoms with Crippen LogP contribution in [0.3, 0.4) is 0 Å². The van der Waals surface area contributed by atoms with E-state index in [4.69, 9.17) is 14.5 Å². The van der Waals surface area contributed by atoms with Crippen molar-refractivity contribution in [3.63, 3.8) is 0 Å². The molecule has 5 aromatic rings. The average Bonchev–Trinajstić information content (AvgIpc) is 3.63. The lowest BCUT2D eigenvalue weighted by molar-refractivity contribution is -0.107. The third-order valence-corrected chi connectivity index (χ3v) is 8.74. The van der Waals surface area contributed by atoms with Crippen molar-refractivity contribution in [2.75, 3.05) is 12.9 Å². The van der Waals surface area contributed by atoms with Crippen LogP contribution < -0.4 is 9.47 Å². The summed E-state index contributed by atoms with van der Waals surface area (Å²) in [5.74, 6) is -1.70. The summed E-state index contributed by atoms with van der Waals surface area (Å²) in [5, 5.41) is 0.492. The summed E-state index contributed by atoms with van der Waals surface area (Å²) in [6, 6.07) is 11.6. The number of imidazole rings is 1. The van der Waals surface area contributed by atoms with Gasteiger partial charge in [0.15, 0.2) is 11.6 Å². The van der Waals surface area contributed by atoms with Crippen LogP contribution >= 0.6 is 11.8 Å². The van der Waals surface area contributed by atoms with Crippen LogP contribution in [0.4, 0.5) is 13.2 Å². The molecule has 1 unspecified atom stereocenters. The molecule has 0 amide bonds. The number of benzene rings is 3. The molecule has 6 rings (SSSR count). The highest BCUT2D eigenvalue weighted by Gasteiger charge is 2.38. The second-order valence-corrected chi connectivity index (χ2v) is 11.3. The minimum absolute atomic E-state index is 0.0589. The molecule has 1 N–H and O–H groups in total. The second kappa shape index (κ2) is 10.9. The summed E-state index contributed by atoms with van der Waals surface area (Å²) >= 11 is 1.23. The smallest absolute Gasteiger partial charge is 0.204 e. The van der Waals surface area contributed by atoms with Crippen LogP contribution in [0.2, 0.25) is 0 Å². The first-order valence-electron chi connectivity index (χ1n) is 13.5. The number of H-pyrrole nitrogens is 1. The number of fused-ring (bicyclic) bond motifs is 2. The summed E-state index contributed by atoms with van der Waals surface area (Å²) in [5.41, 5.74) is 2.35. The quantitative estimate of drug-likeness (QED) is 0.148. The van der Waals surface area contributed by atoms with Crippen molar-refractivity contribution < 1.29 is 27.4 Å². The third kappa shape index (κ3) is 4.54. The first-order chi connectivity index (χ1) is 20.3. The predicted molar refractivity (Wildman–Crippen MR) is 156 cm³/mol. The Morgan fingerprint density at radius 2 is 2.02 bits per heavy atom. The van der Waals surface area contributed by atoms with Crippen molar-refractivity contribution in [2.45, 2.75) is 36.5 Å². The number of carbonyl (C=O) groups excluding carboxylic acids is 1. The van der Waals surface area contributed by atoms with E-state index >= 15 is 8.78 Å².